The average molecular weight is 278 g/mol. The standard InChI is InChI=1S/C13H24F2N2O2/c14-12(15)10-19-8-7-16-9-13(18)17-11-5-3-1-2-4-6-11/h11-12,16H,1-10H2,(H,17,18). The van der Waals surface area contributed by atoms with Crippen LogP contribution in [-0.2, 0) is 9.53 Å². The van der Waals surface area contributed by atoms with Crippen molar-refractivity contribution < 1.29 is 18.3 Å². The maximum Gasteiger partial charge on any atom is 0.261 e. The molecular formula is C13H24F2N2O2. The van der Waals surface area contributed by atoms with E-state index in [1.54, 1.807) is 0 Å². The number of carbonyl (C=O) groups excluding carboxylic acids is 1. The van der Waals surface area contributed by atoms with Gasteiger partial charge >= 0.3 is 0 Å². The lowest BCUT2D eigenvalue weighted by Crippen LogP contribution is -2.40. The Kier molecular flexibility index (Phi) is 8.66. The summed E-state index contributed by atoms with van der Waals surface area (Å²) in [5, 5.41) is 5.89. The average Bonchev–Trinajstić information content (AvgIpc) is 2.62. The van der Waals surface area contributed by atoms with E-state index in [0.717, 1.165) is 12.8 Å². The summed E-state index contributed by atoms with van der Waals surface area (Å²) in [4.78, 5) is 11.6. The van der Waals surface area contributed by atoms with Crippen molar-refractivity contribution in [2.24, 2.45) is 0 Å². The minimum atomic E-state index is -2.43. The predicted octanol–water partition coefficient (Wildman–Crippen LogP) is 1.70. The normalized spacial score (nSPS) is 17.4. The molecule has 19 heavy (non-hydrogen) atoms. The van der Waals surface area contributed by atoms with Crippen molar-refractivity contribution in [3.8, 4) is 0 Å². The molecule has 1 rings (SSSR count). The smallest absolute Gasteiger partial charge is 0.261 e. The van der Waals surface area contributed by atoms with E-state index in [0.29, 0.717) is 12.6 Å². The van der Waals surface area contributed by atoms with Gasteiger partial charge in [0.2, 0.25) is 5.91 Å². The monoisotopic (exact) mass is 278 g/mol. The number of alkyl halides is 2. The van der Waals surface area contributed by atoms with Crippen molar-refractivity contribution in [2.75, 3.05) is 26.3 Å². The number of hydrogen-bond acceptors (Lipinski definition) is 3. The molecule has 0 spiro atoms. The Bertz CT molecular complexity index is 245. The number of carbonyl (C=O) groups is 1. The Morgan fingerprint density at radius 2 is 1.89 bits per heavy atom. The minimum Gasteiger partial charge on any atom is -0.374 e. The van der Waals surface area contributed by atoms with Crippen LogP contribution in [0.15, 0.2) is 0 Å². The first-order chi connectivity index (χ1) is 9.18. The molecule has 0 atom stereocenters. The van der Waals surface area contributed by atoms with E-state index in [2.05, 4.69) is 10.6 Å². The summed E-state index contributed by atoms with van der Waals surface area (Å²) in [5.74, 6) is -0.0271. The van der Waals surface area contributed by atoms with Crippen LogP contribution in [0.2, 0.25) is 0 Å². The molecule has 1 aliphatic carbocycles. The highest BCUT2D eigenvalue weighted by molar-refractivity contribution is 5.78. The maximum absolute atomic E-state index is 11.8. The Labute approximate surface area is 113 Å². The van der Waals surface area contributed by atoms with Crippen molar-refractivity contribution in [1.29, 1.82) is 0 Å². The predicted molar refractivity (Wildman–Crippen MR) is 69.3 cm³/mol. The van der Waals surface area contributed by atoms with E-state index < -0.39 is 13.0 Å². The van der Waals surface area contributed by atoms with Gasteiger partial charge in [-0.25, -0.2) is 8.78 Å². The molecule has 0 aromatic rings. The fraction of sp³-hybridized carbons (Fsp3) is 0.923. The Morgan fingerprint density at radius 1 is 1.21 bits per heavy atom. The van der Waals surface area contributed by atoms with Crippen LogP contribution >= 0.6 is 0 Å². The summed E-state index contributed by atoms with van der Waals surface area (Å²) in [7, 11) is 0. The molecule has 1 saturated carbocycles. The van der Waals surface area contributed by atoms with Crippen LogP contribution in [0.3, 0.4) is 0 Å². The molecule has 0 aromatic heterocycles. The third-order valence-corrected chi connectivity index (χ3v) is 3.17. The highest BCUT2D eigenvalue weighted by Gasteiger charge is 2.14. The first-order valence-electron chi connectivity index (χ1n) is 7.04. The largest absolute Gasteiger partial charge is 0.374 e. The lowest BCUT2D eigenvalue weighted by atomic mass is 10.1. The van der Waals surface area contributed by atoms with Gasteiger partial charge in [-0.2, -0.15) is 0 Å². The van der Waals surface area contributed by atoms with Gasteiger partial charge in [0, 0.05) is 12.6 Å². The second-order valence-electron chi connectivity index (χ2n) is 4.90. The van der Waals surface area contributed by atoms with Crippen LogP contribution in [0, 0.1) is 0 Å². The van der Waals surface area contributed by atoms with E-state index in [-0.39, 0.29) is 19.1 Å². The maximum atomic E-state index is 11.8. The molecule has 112 valence electrons. The summed E-state index contributed by atoms with van der Waals surface area (Å²) in [6.45, 7) is 0.274. The Hall–Kier alpha value is -0.750. The topological polar surface area (TPSA) is 50.4 Å². The van der Waals surface area contributed by atoms with Crippen molar-refractivity contribution in [1.82, 2.24) is 10.6 Å². The van der Waals surface area contributed by atoms with E-state index >= 15 is 0 Å². The number of halogens is 2. The molecule has 1 aliphatic rings. The van der Waals surface area contributed by atoms with Crippen LogP contribution in [0.5, 0.6) is 0 Å². The van der Waals surface area contributed by atoms with E-state index in [1.807, 2.05) is 0 Å². The summed E-state index contributed by atoms with van der Waals surface area (Å²) in [6.07, 6.45) is 4.56. The quantitative estimate of drug-likeness (QED) is 0.525. The zero-order valence-corrected chi connectivity index (χ0v) is 11.3. The van der Waals surface area contributed by atoms with Crippen LogP contribution in [-0.4, -0.2) is 44.7 Å². The molecule has 1 fully saturated rings. The van der Waals surface area contributed by atoms with Gasteiger partial charge in [-0.15, -0.1) is 0 Å². The van der Waals surface area contributed by atoms with E-state index in [9.17, 15) is 13.6 Å². The second-order valence-corrected chi connectivity index (χ2v) is 4.90. The van der Waals surface area contributed by atoms with Crippen molar-refractivity contribution >= 4 is 5.91 Å². The van der Waals surface area contributed by atoms with E-state index in [4.69, 9.17) is 4.74 Å². The molecular weight excluding hydrogens is 254 g/mol. The van der Waals surface area contributed by atoms with Gasteiger partial charge in [-0.3, -0.25) is 4.79 Å². The fourth-order valence-electron chi connectivity index (χ4n) is 2.22. The first-order valence-corrected chi connectivity index (χ1v) is 7.04. The molecule has 2 N–H and O–H groups in total. The number of amides is 1. The highest BCUT2D eigenvalue weighted by Crippen LogP contribution is 2.16. The molecule has 0 saturated heterocycles. The fourth-order valence-corrected chi connectivity index (χ4v) is 2.22. The lowest BCUT2D eigenvalue weighted by molar-refractivity contribution is -0.121. The number of nitrogens with one attached hydrogen (secondary N) is 2. The summed E-state index contributed by atoms with van der Waals surface area (Å²) < 4.78 is 28.2. The Balaban J connectivity index is 1.98. The zero-order valence-electron chi connectivity index (χ0n) is 11.3. The number of hydrogen-bond donors (Lipinski definition) is 2. The van der Waals surface area contributed by atoms with Gasteiger partial charge in [0.1, 0.15) is 6.61 Å². The van der Waals surface area contributed by atoms with Gasteiger partial charge in [-0.05, 0) is 12.8 Å². The molecule has 0 radical (unpaired) electrons. The van der Waals surface area contributed by atoms with Gasteiger partial charge < -0.3 is 15.4 Å². The first kappa shape index (κ1) is 16.3. The third-order valence-electron chi connectivity index (χ3n) is 3.17. The van der Waals surface area contributed by atoms with Crippen LogP contribution in [0.1, 0.15) is 38.5 Å². The second kappa shape index (κ2) is 10.1. The lowest BCUT2D eigenvalue weighted by Gasteiger charge is -2.16. The number of rotatable bonds is 8. The van der Waals surface area contributed by atoms with Gasteiger partial charge in [0.25, 0.3) is 6.43 Å². The molecule has 0 heterocycles. The summed E-state index contributed by atoms with van der Waals surface area (Å²) >= 11 is 0. The molecule has 6 heteroatoms. The van der Waals surface area contributed by atoms with Crippen molar-refractivity contribution in [3.05, 3.63) is 0 Å². The van der Waals surface area contributed by atoms with Crippen LogP contribution < -0.4 is 10.6 Å². The van der Waals surface area contributed by atoms with E-state index in [1.165, 1.54) is 25.7 Å². The van der Waals surface area contributed by atoms with Crippen molar-refractivity contribution in [2.45, 2.75) is 51.0 Å². The van der Waals surface area contributed by atoms with Crippen LogP contribution in [0.25, 0.3) is 0 Å². The summed E-state index contributed by atoms with van der Waals surface area (Å²) in [6, 6.07) is 0.298. The molecule has 0 aromatic carbocycles. The minimum absolute atomic E-state index is 0.0271. The molecule has 4 nitrogen and oxygen atoms in total. The third kappa shape index (κ3) is 8.88. The van der Waals surface area contributed by atoms with Crippen molar-refractivity contribution in [3.63, 3.8) is 0 Å². The zero-order chi connectivity index (χ0) is 13.9. The number of ether oxygens (including phenoxy) is 1. The van der Waals surface area contributed by atoms with Gasteiger partial charge in [0.05, 0.1) is 13.2 Å². The summed E-state index contributed by atoms with van der Waals surface area (Å²) in [5.41, 5.74) is 0. The van der Waals surface area contributed by atoms with Crippen LogP contribution in [0.4, 0.5) is 8.78 Å². The molecule has 0 unspecified atom stereocenters. The molecule has 1 amide bonds. The highest BCUT2D eigenvalue weighted by atomic mass is 19.3. The SMILES string of the molecule is O=C(CNCCOCC(F)F)NC1CCCCCC1. The van der Waals surface area contributed by atoms with Gasteiger partial charge in [0.15, 0.2) is 0 Å². The Morgan fingerprint density at radius 3 is 2.53 bits per heavy atom. The molecule has 0 bridgehead atoms. The van der Waals surface area contributed by atoms with Gasteiger partial charge in [-0.1, -0.05) is 25.7 Å². The molecule has 0 aliphatic heterocycles.